The number of aromatic nitrogens is 3. The largest absolute Gasteiger partial charge is 0.497 e. The maximum atomic E-state index is 12.6. The van der Waals surface area contributed by atoms with Gasteiger partial charge in [-0.15, -0.1) is 0 Å². The third-order valence-electron chi connectivity index (χ3n) is 6.66. The Morgan fingerprint density at radius 2 is 1.77 bits per heavy atom. The molecule has 0 fully saturated rings. The smallest absolute Gasteiger partial charge is 0.333 e. The van der Waals surface area contributed by atoms with Crippen LogP contribution < -0.4 is 19.7 Å². The second kappa shape index (κ2) is 11.9. The molecule has 9 heteroatoms. The molecule has 40 heavy (non-hydrogen) atoms. The van der Waals surface area contributed by atoms with Crippen LogP contribution in [0.4, 0.5) is 17.3 Å². The zero-order chi connectivity index (χ0) is 28.1. The van der Waals surface area contributed by atoms with Crippen molar-refractivity contribution in [3.05, 3.63) is 95.1 Å². The summed E-state index contributed by atoms with van der Waals surface area (Å²) in [5.74, 6) is 3.16. The molecule has 0 saturated carbocycles. The number of methoxy groups -OCH3 is 2. The van der Waals surface area contributed by atoms with Crippen molar-refractivity contribution in [3.63, 3.8) is 0 Å². The summed E-state index contributed by atoms with van der Waals surface area (Å²) in [5.41, 5.74) is 5.07. The second-order valence-electron chi connectivity index (χ2n) is 9.48. The number of aryl methyl sites for hydroxylation is 2. The fourth-order valence-electron chi connectivity index (χ4n) is 4.50. The lowest BCUT2D eigenvalue weighted by Gasteiger charge is -2.24. The highest BCUT2D eigenvalue weighted by Crippen LogP contribution is 2.34. The molecule has 2 aromatic heterocycles. The number of ether oxygens (including phenoxy) is 3. The van der Waals surface area contributed by atoms with E-state index in [1.807, 2.05) is 74.5 Å². The third kappa shape index (κ3) is 6.04. The third-order valence-corrected chi connectivity index (χ3v) is 6.66. The minimum atomic E-state index is -0.366. The molecule has 5 rings (SSSR count). The molecule has 1 N–H and O–H groups in total. The van der Waals surface area contributed by atoms with Crippen LogP contribution in [0.25, 0.3) is 6.08 Å². The quantitative estimate of drug-likeness (QED) is 0.271. The van der Waals surface area contributed by atoms with Gasteiger partial charge in [-0.2, -0.15) is 0 Å². The Labute approximate surface area is 233 Å². The van der Waals surface area contributed by atoms with Gasteiger partial charge in [0.05, 0.1) is 26.0 Å². The van der Waals surface area contributed by atoms with Gasteiger partial charge in [-0.1, -0.05) is 12.1 Å². The van der Waals surface area contributed by atoms with Crippen molar-refractivity contribution in [2.24, 2.45) is 0 Å². The van der Waals surface area contributed by atoms with E-state index in [9.17, 15) is 4.79 Å². The summed E-state index contributed by atoms with van der Waals surface area (Å²) in [4.78, 5) is 28.2. The highest BCUT2D eigenvalue weighted by molar-refractivity contribution is 5.96. The number of hydrogen-bond acceptors (Lipinski definition) is 9. The van der Waals surface area contributed by atoms with E-state index in [1.54, 1.807) is 13.3 Å². The molecule has 0 bridgehead atoms. The first-order valence-electron chi connectivity index (χ1n) is 12.9. The van der Waals surface area contributed by atoms with Gasteiger partial charge < -0.3 is 24.4 Å². The van der Waals surface area contributed by atoms with E-state index in [1.165, 1.54) is 13.4 Å². The average molecular weight is 538 g/mol. The summed E-state index contributed by atoms with van der Waals surface area (Å²) in [6.07, 6.45) is 5.58. The van der Waals surface area contributed by atoms with Crippen molar-refractivity contribution < 1.29 is 19.0 Å². The van der Waals surface area contributed by atoms with Crippen molar-refractivity contribution in [1.82, 2.24) is 15.0 Å². The number of nitrogens with one attached hydrogen (secondary N) is 1. The number of esters is 1. The first kappa shape index (κ1) is 26.7. The molecule has 0 atom stereocenters. The Morgan fingerprint density at radius 3 is 2.48 bits per heavy atom. The van der Waals surface area contributed by atoms with E-state index in [4.69, 9.17) is 14.2 Å². The SMILES string of the molecule is COC(=O)C1=Cc2c(Nc3ccc(Oc4ccc(C)nc4)c(C)c3)ncnc2N(Cc2ccc(OC)cc2)CC1. The summed E-state index contributed by atoms with van der Waals surface area (Å²) in [5, 5.41) is 3.42. The zero-order valence-electron chi connectivity index (χ0n) is 23.0. The summed E-state index contributed by atoms with van der Waals surface area (Å²) < 4.78 is 16.4. The molecule has 0 amide bonds. The minimum Gasteiger partial charge on any atom is -0.497 e. The first-order chi connectivity index (χ1) is 19.4. The van der Waals surface area contributed by atoms with Gasteiger partial charge in [-0.3, -0.25) is 4.98 Å². The number of benzene rings is 2. The molecule has 0 saturated heterocycles. The Bertz CT molecular complexity index is 1530. The standard InChI is InChI=1S/C31H31N5O4/c1-20-15-24(8-12-28(20)40-26-9-5-21(2)32-17-26)35-29-27-16-23(31(37)39-4)13-14-36(30(27)34-19-33-29)18-22-6-10-25(38-3)11-7-22/h5-12,15-17,19H,13-14,18H2,1-4H3,(H,33,34,35). The number of fused-ring (bicyclic) bond motifs is 1. The van der Waals surface area contributed by atoms with Crippen molar-refractivity contribution in [3.8, 4) is 17.2 Å². The van der Waals surface area contributed by atoms with Crippen molar-refractivity contribution in [2.45, 2.75) is 26.8 Å². The molecular weight excluding hydrogens is 506 g/mol. The van der Waals surface area contributed by atoms with Crippen molar-refractivity contribution in [1.29, 1.82) is 0 Å². The van der Waals surface area contributed by atoms with Gasteiger partial charge in [0, 0.05) is 30.0 Å². The summed E-state index contributed by atoms with van der Waals surface area (Å²) >= 11 is 0. The molecule has 204 valence electrons. The minimum absolute atomic E-state index is 0.366. The van der Waals surface area contributed by atoms with Crippen LogP contribution in [0.3, 0.4) is 0 Å². The molecule has 4 aromatic rings. The highest BCUT2D eigenvalue weighted by Gasteiger charge is 2.24. The first-order valence-corrected chi connectivity index (χ1v) is 12.9. The number of rotatable bonds is 8. The van der Waals surface area contributed by atoms with Crippen LogP contribution in [-0.2, 0) is 16.1 Å². The van der Waals surface area contributed by atoms with Gasteiger partial charge in [0.25, 0.3) is 0 Å². The van der Waals surface area contributed by atoms with Crippen molar-refractivity contribution in [2.75, 3.05) is 31.0 Å². The molecule has 0 spiro atoms. The lowest BCUT2D eigenvalue weighted by Crippen LogP contribution is -2.25. The Hall–Kier alpha value is -4.92. The van der Waals surface area contributed by atoms with E-state index < -0.39 is 0 Å². The number of nitrogens with zero attached hydrogens (tertiary/aromatic N) is 4. The number of hydrogen-bond donors (Lipinski definition) is 1. The van der Waals surface area contributed by atoms with E-state index in [-0.39, 0.29) is 5.97 Å². The lowest BCUT2D eigenvalue weighted by molar-refractivity contribution is -0.136. The van der Waals surface area contributed by atoms with E-state index >= 15 is 0 Å². The van der Waals surface area contributed by atoms with Crippen LogP contribution in [0, 0.1) is 13.8 Å². The van der Waals surface area contributed by atoms with Gasteiger partial charge in [0.15, 0.2) is 0 Å². The Morgan fingerprint density at radius 1 is 0.975 bits per heavy atom. The second-order valence-corrected chi connectivity index (χ2v) is 9.48. The topological polar surface area (TPSA) is 98.7 Å². The normalized spacial score (nSPS) is 12.6. The number of carbonyl (C=O) groups is 1. The Kier molecular flexibility index (Phi) is 7.91. The van der Waals surface area contributed by atoms with Crippen LogP contribution in [0.2, 0.25) is 0 Å². The maximum absolute atomic E-state index is 12.6. The Balaban J connectivity index is 1.44. The lowest BCUT2D eigenvalue weighted by atomic mass is 10.1. The maximum Gasteiger partial charge on any atom is 0.333 e. The summed E-state index contributed by atoms with van der Waals surface area (Å²) in [7, 11) is 3.04. The predicted molar refractivity (Wildman–Crippen MR) is 154 cm³/mol. The molecule has 0 unspecified atom stereocenters. The molecule has 3 heterocycles. The summed E-state index contributed by atoms with van der Waals surface area (Å²) in [6.45, 7) is 5.11. The molecule has 0 radical (unpaired) electrons. The van der Waals surface area contributed by atoms with Gasteiger partial charge >= 0.3 is 5.97 Å². The van der Waals surface area contributed by atoms with Crippen LogP contribution >= 0.6 is 0 Å². The zero-order valence-corrected chi connectivity index (χ0v) is 23.0. The molecule has 2 aromatic carbocycles. The van der Waals surface area contributed by atoms with E-state index in [0.29, 0.717) is 36.7 Å². The molecule has 0 aliphatic carbocycles. The van der Waals surface area contributed by atoms with E-state index in [2.05, 4.69) is 25.2 Å². The number of carbonyl (C=O) groups excluding carboxylic acids is 1. The van der Waals surface area contributed by atoms with Crippen molar-refractivity contribution >= 4 is 29.4 Å². The molecular formula is C31H31N5O4. The monoisotopic (exact) mass is 537 g/mol. The summed E-state index contributed by atoms with van der Waals surface area (Å²) in [6, 6.07) is 17.5. The van der Waals surface area contributed by atoms with E-state index in [0.717, 1.165) is 45.4 Å². The number of pyridine rings is 1. The van der Waals surface area contributed by atoms with Gasteiger partial charge in [0.1, 0.15) is 35.2 Å². The van der Waals surface area contributed by atoms with Crippen LogP contribution in [0.1, 0.15) is 28.8 Å². The van der Waals surface area contributed by atoms with Gasteiger partial charge in [0.2, 0.25) is 0 Å². The fourth-order valence-corrected chi connectivity index (χ4v) is 4.50. The van der Waals surface area contributed by atoms with Gasteiger partial charge in [-0.05, 0) is 79.9 Å². The average Bonchev–Trinajstić information content (AvgIpc) is 3.16. The number of anilines is 3. The molecule has 1 aliphatic rings. The van der Waals surface area contributed by atoms with Crippen LogP contribution in [0.5, 0.6) is 17.2 Å². The van der Waals surface area contributed by atoms with Crippen LogP contribution in [0.15, 0.2) is 72.7 Å². The van der Waals surface area contributed by atoms with Gasteiger partial charge in [-0.25, -0.2) is 14.8 Å². The van der Waals surface area contributed by atoms with Crippen LogP contribution in [-0.4, -0.2) is 41.7 Å². The molecule has 1 aliphatic heterocycles. The fraction of sp³-hybridized carbons (Fsp3) is 0.226. The highest BCUT2D eigenvalue weighted by atomic mass is 16.5. The molecule has 9 nitrogen and oxygen atoms in total. The predicted octanol–water partition coefficient (Wildman–Crippen LogP) is 6.00.